The van der Waals surface area contributed by atoms with Crippen LogP contribution >= 0.6 is 0 Å². The minimum Gasteiger partial charge on any atom is -0.494 e. The predicted octanol–water partition coefficient (Wildman–Crippen LogP) is 7.24. The maximum atomic E-state index is 12.8. The van der Waals surface area contributed by atoms with Gasteiger partial charge in [0.15, 0.2) is 11.5 Å². The van der Waals surface area contributed by atoms with Crippen LogP contribution in [-0.4, -0.2) is 44.1 Å². The summed E-state index contributed by atoms with van der Waals surface area (Å²) in [6, 6.07) is 27.4. The SMILES string of the molecule is CCCCCCCOc1ccc(C(=O)Oc2ccc(CCC(=O)ONC(=O)c3ccc(NC(=O)COCc4ccccc4)cc3)cc2OC)cc1. The number of esters is 1. The van der Waals surface area contributed by atoms with E-state index in [4.69, 9.17) is 23.8 Å². The van der Waals surface area contributed by atoms with Gasteiger partial charge in [0.1, 0.15) is 12.4 Å². The number of nitrogens with one attached hydrogen (secondary N) is 2. The number of hydrogen-bond donors (Lipinski definition) is 2. The summed E-state index contributed by atoms with van der Waals surface area (Å²) in [7, 11) is 1.46. The van der Waals surface area contributed by atoms with Crippen molar-refractivity contribution in [2.24, 2.45) is 0 Å². The number of carbonyl (C=O) groups is 4. The molecule has 4 aromatic rings. The van der Waals surface area contributed by atoms with Gasteiger partial charge in [-0.25, -0.2) is 9.59 Å². The molecule has 0 saturated carbocycles. The Labute approximate surface area is 298 Å². The van der Waals surface area contributed by atoms with Gasteiger partial charge in [0.25, 0.3) is 5.91 Å². The van der Waals surface area contributed by atoms with Crippen LogP contribution in [-0.2, 0) is 32.2 Å². The van der Waals surface area contributed by atoms with Gasteiger partial charge in [-0.1, -0.05) is 69.0 Å². The Morgan fingerprint density at radius 3 is 2.18 bits per heavy atom. The highest BCUT2D eigenvalue weighted by atomic mass is 16.7. The highest BCUT2D eigenvalue weighted by Gasteiger charge is 2.15. The van der Waals surface area contributed by atoms with Crippen LogP contribution in [0.1, 0.15) is 77.3 Å². The van der Waals surface area contributed by atoms with E-state index in [1.807, 2.05) is 30.3 Å². The lowest BCUT2D eigenvalue weighted by molar-refractivity contribution is -0.149. The largest absolute Gasteiger partial charge is 0.494 e. The molecule has 4 aromatic carbocycles. The van der Waals surface area contributed by atoms with Crippen LogP contribution < -0.4 is 25.0 Å². The van der Waals surface area contributed by atoms with Crippen molar-refractivity contribution in [3.8, 4) is 17.2 Å². The zero-order chi connectivity index (χ0) is 36.3. The number of hydrogen-bond acceptors (Lipinski definition) is 9. The van der Waals surface area contributed by atoms with Gasteiger partial charge in [0.05, 0.1) is 32.3 Å². The second-order valence-corrected chi connectivity index (χ2v) is 11.7. The number of amides is 2. The Kier molecular flexibility index (Phi) is 15.5. The average Bonchev–Trinajstić information content (AvgIpc) is 3.15. The molecule has 0 atom stereocenters. The monoisotopic (exact) mass is 696 g/mol. The lowest BCUT2D eigenvalue weighted by Crippen LogP contribution is -2.27. The quantitative estimate of drug-likeness (QED) is 0.0450. The maximum Gasteiger partial charge on any atom is 0.343 e. The first-order chi connectivity index (χ1) is 24.8. The van der Waals surface area contributed by atoms with E-state index in [2.05, 4.69) is 17.7 Å². The molecule has 0 saturated heterocycles. The zero-order valence-corrected chi connectivity index (χ0v) is 29.0. The van der Waals surface area contributed by atoms with Gasteiger partial charge < -0.3 is 29.1 Å². The van der Waals surface area contributed by atoms with Gasteiger partial charge in [0.2, 0.25) is 5.91 Å². The van der Waals surface area contributed by atoms with E-state index >= 15 is 0 Å². The van der Waals surface area contributed by atoms with Crippen LogP contribution in [0.5, 0.6) is 17.2 Å². The number of methoxy groups -OCH3 is 1. The average molecular weight is 697 g/mol. The molecule has 0 radical (unpaired) electrons. The molecule has 4 rings (SSSR count). The maximum absolute atomic E-state index is 12.8. The fourth-order valence-corrected chi connectivity index (χ4v) is 4.89. The summed E-state index contributed by atoms with van der Waals surface area (Å²) in [5.74, 6) is -0.905. The molecule has 0 aliphatic rings. The standard InChI is InChI=1S/C40H44N2O9/c1-3-4-5-6-10-25-49-34-21-17-32(18-22-34)40(46)50-35-23-13-29(26-36(35)47-2)14-24-38(44)51-42-39(45)31-15-19-33(20-16-31)41-37(43)28-48-27-30-11-8-7-9-12-30/h7-9,11-13,15-23,26H,3-6,10,14,24-25,27-28H2,1-2H3,(H,41,43)(H,42,45). The lowest BCUT2D eigenvalue weighted by atomic mass is 10.1. The summed E-state index contributed by atoms with van der Waals surface area (Å²) in [6.07, 6.45) is 6.01. The summed E-state index contributed by atoms with van der Waals surface area (Å²) in [6.45, 7) is 3.01. The number of aryl methyl sites for hydroxylation is 1. The highest BCUT2D eigenvalue weighted by molar-refractivity contribution is 5.96. The third-order valence-corrected chi connectivity index (χ3v) is 7.69. The first kappa shape index (κ1) is 38.1. The topological polar surface area (TPSA) is 138 Å². The molecule has 0 unspecified atom stereocenters. The van der Waals surface area contributed by atoms with Crippen molar-refractivity contribution in [1.82, 2.24) is 5.48 Å². The van der Waals surface area contributed by atoms with Crippen molar-refractivity contribution in [3.05, 3.63) is 119 Å². The first-order valence-corrected chi connectivity index (χ1v) is 17.0. The molecule has 0 spiro atoms. The molecule has 2 amide bonds. The molecule has 11 heteroatoms. The molecule has 268 valence electrons. The molecule has 0 heterocycles. The van der Waals surface area contributed by atoms with Crippen LogP contribution in [0.15, 0.2) is 97.1 Å². The number of benzene rings is 4. The van der Waals surface area contributed by atoms with Gasteiger partial charge in [0, 0.05) is 11.3 Å². The normalized spacial score (nSPS) is 10.5. The molecule has 11 nitrogen and oxygen atoms in total. The summed E-state index contributed by atoms with van der Waals surface area (Å²) >= 11 is 0. The molecular formula is C40H44N2O9. The Hall–Kier alpha value is -5.68. The van der Waals surface area contributed by atoms with Crippen molar-refractivity contribution in [2.45, 2.75) is 58.5 Å². The fraction of sp³-hybridized carbons (Fsp3) is 0.300. The Bertz CT molecular complexity index is 1710. The Morgan fingerprint density at radius 1 is 0.725 bits per heavy atom. The van der Waals surface area contributed by atoms with Gasteiger partial charge >= 0.3 is 11.9 Å². The minimum absolute atomic E-state index is 0.0347. The number of carbonyl (C=O) groups excluding carboxylic acids is 4. The van der Waals surface area contributed by atoms with Crippen molar-refractivity contribution in [2.75, 3.05) is 25.6 Å². The van der Waals surface area contributed by atoms with Crippen molar-refractivity contribution in [3.63, 3.8) is 0 Å². The van der Waals surface area contributed by atoms with Crippen LogP contribution in [0.25, 0.3) is 0 Å². The lowest BCUT2D eigenvalue weighted by Gasteiger charge is -2.12. The van der Waals surface area contributed by atoms with Crippen LogP contribution in [0.3, 0.4) is 0 Å². The smallest absolute Gasteiger partial charge is 0.343 e. The van der Waals surface area contributed by atoms with E-state index in [9.17, 15) is 19.2 Å². The van der Waals surface area contributed by atoms with Crippen molar-refractivity contribution >= 4 is 29.4 Å². The molecule has 2 N–H and O–H groups in total. The van der Waals surface area contributed by atoms with E-state index in [-0.39, 0.29) is 36.7 Å². The minimum atomic E-state index is -0.652. The van der Waals surface area contributed by atoms with Gasteiger partial charge in [-0.3, -0.25) is 9.59 Å². The van der Waals surface area contributed by atoms with E-state index in [0.717, 1.165) is 24.0 Å². The molecule has 0 aliphatic heterocycles. The molecule has 51 heavy (non-hydrogen) atoms. The molecule has 0 fully saturated rings. The first-order valence-electron chi connectivity index (χ1n) is 17.0. The second-order valence-electron chi connectivity index (χ2n) is 11.7. The van der Waals surface area contributed by atoms with Crippen LogP contribution in [0.4, 0.5) is 5.69 Å². The van der Waals surface area contributed by atoms with Crippen molar-refractivity contribution < 1.29 is 43.0 Å². The van der Waals surface area contributed by atoms with Crippen LogP contribution in [0.2, 0.25) is 0 Å². The summed E-state index contributed by atoms with van der Waals surface area (Å²) in [5, 5.41) is 2.70. The number of anilines is 1. The Morgan fingerprint density at radius 2 is 1.45 bits per heavy atom. The van der Waals surface area contributed by atoms with Crippen molar-refractivity contribution in [1.29, 1.82) is 0 Å². The zero-order valence-electron chi connectivity index (χ0n) is 29.0. The molecule has 0 aromatic heterocycles. The summed E-state index contributed by atoms with van der Waals surface area (Å²) < 4.78 is 22.2. The van der Waals surface area contributed by atoms with E-state index in [0.29, 0.717) is 36.0 Å². The highest BCUT2D eigenvalue weighted by Crippen LogP contribution is 2.29. The number of hydroxylamine groups is 1. The number of unbranched alkanes of at least 4 members (excludes halogenated alkanes) is 4. The third kappa shape index (κ3) is 13.3. The van der Waals surface area contributed by atoms with E-state index in [1.165, 1.54) is 38.5 Å². The van der Waals surface area contributed by atoms with Gasteiger partial charge in [-0.2, -0.15) is 5.48 Å². The summed E-state index contributed by atoms with van der Waals surface area (Å²) in [4.78, 5) is 54.7. The van der Waals surface area contributed by atoms with E-state index in [1.54, 1.807) is 54.6 Å². The Balaban J connectivity index is 1.16. The fourth-order valence-electron chi connectivity index (χ4n) is 4.89. The summed E-state index contributed by atoms with van der Waals surface area (Å²) in [5.41, 5.74) is 4.91. The second kappa shape index (κ2) is 20.7. The number of ether oxygens (including phenoxy) is 4. The molecule has 0 bridgehead atoms. The van der Waals surface area contributed by atoms with Gasteiger partial charge in [-0.05, 0) is 84.6 Å². The van der Waals surface area contributed by atoms with Crippen LogP contribution in [0, 0.1) is 0 Å². The molecule has 0 aliphatic carbocycles. The van der Waals surface area contributed by atoms with Gasteiger partial charge in [-0.15, -0.1) is 0 Å². The number of rotatable bonds is 19. The molecular weight excluding hydrogens is 652 g/mol. The predicted molar refractivity (Wildman–Crippen MR) is 192 cm³/mol. The third-order valence-electron chi connectivity index (χ3n) is 7.69. The van der Waals surface area contributed by atoms with E-state index < -0.39 is 17.8 Å².